The number of fused-ring (bicyclic) bond motifs is 5. The molecule has 0 heterocycles. The van der Waals surface area contributed by atoms with Gasteiger partial charge in [-0.15, -0.1) is 0 Å². The van der Waals surface area contributed by atoms with Crippen molar-refractivity contribution in [3.63, 3.8) is 0 Å². The number of rotatable bonds is 4. The molecule has 0 bridgehead atoms. The zero-order valence-electron chi connectivity index (χ0n) is 23.3. The molecule has 4 aliphatic carbocycles. The molecular formula is C30H50O5. The number of ketones is 1. The van der Waals surface area contributed by atoms with Gasteiger partial charge < -0.3 is 20.4 Å². The minimum atomic E-state index is -1.11. The van der Waals surface area contributed by atoms with Gasteiger partial charge in [0.1, 0.15) is 6.10 Å². The van der Waals surface area contributed by atoms with E-state index in [4.69, 9.17) is 0 Å². The molecule has 4 N–H and O–H groups in total. The Morgan fingerprint density at radius 2 is 1.63 bits per heavy atom. The largest absolute Gasteiger partial charge is 0.393 e. The molecule has 0 saturated heterocycles. The molecule has 200 valence electrons. The Bertz CT molecular complexity index is 887. The summed E-state index contributed by atoms with van der Waals surface area (Å²) in [6, 6.07) is 0. The van der Waals surface area contributed by atoms with Gasteiger partial charge in [-0.1, -0.05) is 46.3 Å². The number of carbonyl (C=O) groups excluding carboxylic acids is 1. The highest BCUT2D eigenvalue weighted by atomic mass is 16.3. The number of Topliss-reactive ketones (excluding diaryl/α,β-unsaturated/α-hetero) is 1. The first-order valence-electron chi connectivity index (χ1n) is 13.9. The van der Waals surface area contributed by atoms with Crippen molar-refractivity contribution in [1.29, 1.82) is 0 Å². The molecule has 0 aromatic rings. The summed E-state index contributed by atoms with van der Waals surface area (Å²) in [4.78, 5) is 14.1. The third-order valence-electron chi connectivity index (χ3n) is 12.0. The molecule has 5 heteroatoms. The topological polar surface area (TPSA) is 98.0 Å². The minimum absolute atomic E-state index is 0.111. The van der Waals surface area contributed by atoms with E-state index in [1.165, 1.54) is 5.57 Å². The van der Waals surface area contributed by atoms with Crippen molar-refractivity contribution in [2.45, 2.75) is 124 Å². The van der Waals surface area contributed by atoms with Crippen LogP contribution in [0.3, 0.4) is 0 Å². The maximum absolute atomic E-state index is 14.1. The van der Waals surface area contributed by atoms with Crippen LogP contribution in [0, 0.1) is 45.3 Å². The van der Waals surface area contributed by atoms with Crippen LogP contribution >= 0.6 is 0 Å². The Kier molecular flexibility index (Phi) is 6.53. The lowest BCUT2D eigenvalue weighted by molar-refractivity contribution is -0.272. The second kappa shape index (κ2) is 8.38. The third-order valence-corrected chi connectivity index (χ3v) is 12.0. The average Bonchev–Trinajstić information content (AvgIpc) is 3.09. The summed E-state index contributed by atoms with van der Waals surface area (Å²) in [6.45, 7) is 16.6. The summed E-state index contributed by atoms with van der Waals surface area (Å²) in [5.41, 5.74) is -1.59. The fourth-order valence-corrected chi connectivity index (χ4v) is 10.3. The normalized spacial score (nSPS) is 50.5. The number of aliphatic hydroxyl groups is 4. The first kappa shape index (κ1) is 27.3. The molecule has 4 aliphatic rings. The van der Waals surface area contributed by atoms with Crippen molar-refractivity contribution in [3.05, 3.63) is 11.6 Å². The standard InChI is InChI=1S/C30H50O5/c1-17(2)10-9-13-30(8,35)18-11-15-28(6)21(18)22(33)23(34)25-27(5)14-12-20(32)26(3,4)24(27)19(31)16-29(25,28)7/h10,18-21,23-25,31-32,34-35H,9,11-16H2,1-8H3/t18-,19-,20-,21-,23-,24-,25+,27-,28+,29+,30-/m0/s1. The van der Waals surface area contributed by atoms with Crippen molar-refractivity contribution < 1.29 is 25.2 Å². The Balaban J connectivity index is 1.76. The van der Waals surface area contributed by atoms with Gasteiger partial charge in [-0.2, -0.15) is 0 Å². The van der Waals surface area contributed by atoms with Gasteiger partial charge in [-0.3, -0.25) is 4.79 Å². The zero-order chi connectivity index (χ0) is 26.4. The summed E-state index contributed by atoms with van der Waals surface area (Å²) >= 11 is 0. The van der Waals surface area contributed by atoms with E-state index in [0.717, 1.165) is 19.3 Å². The van der Waals surface area contributed by atoms with E-state index in [0.29, 0.717) is 25.7 Å². The quantitative estimate of drug-likeness (QED) is 0.430. The van der Waals surface area contributed by atoms with E-state index in [2.05, 4.69) is 40.7 Å². The van der Waals surface area contributed by atoms with Crippen molar-refractivity contribution in [1.82, 2.24) is 0 Å². The fourth-order valence-electron chi connectivity index (χ4n) is 10.3. The summed E-state index contributed by atoms with van der Waals surface area (Å²) in [5.74, 6) is -1.21. The Morgan fingerprint density at radius 1 is 1.00 bits per heavy atom. The van der Waals surface area contributed by atoms with E-state index >= 15 is 0 Å². The van der Waals surface area contributed by atoms with Gasteiger partial charge in [-0.25, -0.2) is 0 Å². The molecule has 4 fully saturated rings. The van der Waals surface area contributed by atoms with E-state index in [1.807, 2.05) is 20.8 Å². The molecule has 4 rings (SSSR count). The third kappa shape index (κ3) is 3.66. The predicted octanol–water partition coefficient (Wildman–Crippen LogP) is 4.65. The summed E-state index contributed by atoms with van der Waals surface area (Å²) in [7, 11) is 0. The second-order valence-electron chi connectivity index (χ2n) is 14.6. The highest BCUT2D eigenvalue weighted by Gasteiger charge is 2.75. The van der Waals surface area contributed by atoms with Crippen LogP contribution in [0.1, 0.15) is 100 Å². The molecule has 0 radical (unpaired) electrons. The van der Waals surface area contributed by atoms with Gasteiger partial charge in [0, 0.05) is 11.8 Å². The molecule has 0 aromatic carbocycles. The van der Waals surface area contributed by atoms with E-state index in [-0.39, 0.29) is 23.5 Å². The number of carbonyl (C=O) groups is 1. The van der Waals surface area contributed by atoms with Crippen LogP contribution in [0.4, 0.5) is 0 Å². The van der Waals surface area contributed by atoms with Crippen molar-refractivity contribution in [2.24, 2.45) is 45.3 Å². The molecular weight excluding hydrogens is 440 g/mol. The van der Waals surface area contributed by atoms with Crippen LogP contribution in [-0.2, 0) is 4.79 Å². The van der Waals surface area contributed by atoms with Crippen LogP contribution in [0.15, 0.2) is 11.6 Å². The van der Waals surface area contributed by atoms with E-state index < -0.39 is 51.5 Å². The molecule has 35 heavy (non-hydrogen) atoms. The summed E-state index contributed by atoms with van der Waals surface area (Å²) < 4.78 is 0. The Morgan fingerprint density at radius 3 is 2.23 bits per heavy atom. The molecule has 0 unspecified atom stereocenters. The Hall–Kier alpha value is -0.750. The second-order valence-corrected chi connectivity index (χ2v) is 14.6. The average molecular weight is 491 g/mol. The molecule has 0 aromatic heterocycles. The lowest BCUT2D eigenvalue weighted by Crippen LogP contribution is -2.73. The van der Waals surface area contributed by atoms with Gasteiger partial charge in [-0.05, 0) is 99.2 Å². The minimum Gasteiger partial charge on any atom is -0.393 e. The zero-order valence-corrected chi connectivity index (χ0v) is 23.3. The monoisotopic (exact) mass is 490 g/mol. The molecule has 0 spiro atoms. The predicted molar refractivity (Wildman–Crippen MR) is 137 cm³/mol. The summed E-state index contributed by atoms with van der Waals surface area (Å²) in [5, 5.41) is 45.9. The van der Waals surface area contributed by atoms with Crippen LogP contribution in [0.5, 0.6) is 0 Å². The molecule has 0 aliphatic heterocycles. The highest BCUT2D eigenvalue weighted by molar-refractivity contribution is 5.88. The maximum Gasteiger partial charge on any atom is 0.165 e. The van der Waals surface area contributed by atoms with Crippen molar-refractivity contribution >= 4 is 5.78 Å². The highest BCUT2D eigenvalue weighted by Crippen LogP contribution is 2.75. The molecule has 0 amide bonds. The van der Waals surface area contributed by atoms with Crippen molar-refractivity contribution in [2.75, 3.05) is 0 Å². The number of allylic oxidation sites excluding steroid dienone is 2. The first-order chi connectivity index (χ1) is 15.9. The van der Waals surface area contributed by atoms with Crippen LogP contribution in [0.25, 0.3) is 0 Å². The summed E-state index contributed by atoms with van der Waals surface area (Å²) in [6.07, 6.45) is 4.64. The van der Waals surface area contributed by atoms with Gasteiger partial charge in [0.2, 0.25) is 0 Å². The Labute approximate surface area is 212 Å². The number of hydrogen-bond donors (Lipinski definition) is 4. The SMILES string of the molecule is CC(C)=CCC[C@](C)(O)[C@H]1CC[C@]2(C)[C@@H]1C(=O)[C@H](O)[C@@H]1[C@@]3(C)CC[C@H](O)C(C)(C)[C@@H]3[C@@H](O)C[C@]12C. The van der Waals surface area contributed by atoms with Crippen molar-refractivity contribution in [3.8, 4) is 0 Å². The lowest BCUT2D eigenvalue weighted by Gasteiger charge is -2.71. The van der Waals surface area contributed by atoms with E-state index in [9.17, 15) is 25.2 Å². The number of aliphatic hydroxyl groups excluding tert-OH is 3. The first-order valence-corrected chi connectivity index (χ1v) is 13.9. The van der Waals surface area contributed by atoms with E-state index in [1.54, 1.807) is 0 Å². The van der Waals surface area contributed by atoms with Gasteiger partial charge >= 0.3 is 0 Å². The van der Waals surface area contributed by atoms with Crippen LogP contribution in [0.2, 0.25) is 0 Å². The van der Waals surface area contributed by atoms with Gasteiger partial charge in [0.25, 0.3) is 0 Å². The fraction of sp³-hybridized carbons (Fsp3) is 0.900. The smallest absolute Gasteiger partial charge is 0.165 e. The maximum atomic E-state index is 14.1. The number of hydrogen-bond acceptors (Lipinski definition) is 5. The van der Waals surface area contributed by atoms with Crippen LogP contribution in [-0.4, -0.2) is 50.1 Å². The van der Waals surface area contributed by atoms with Crippen LogP contribution < -0.4 is 0 Å². The van der Waals surface area contributed by atoms with Gasteiger partial charge in [0.15, 0.2) is 5.78 Å². The molecule has 11 atom stereocenters. The lowest BCUT2D eigenvalue weighted by atomic mass is 9.34. The van der Waals surface area contributed by atoms with Gasteiger partial charge in [0.05, 0.1) is 17.8 Å². The molecule has 4 saturated carbocycles. The molecule has 5 nitrogen and oxygen atoms in total.